The number of carboxylic acid groups (broad SMARTS) is 1. The van der Waals surface area contributed by atoms with Gasteiger partial charge in [0, 0.05) is 18.4 Å². The highest BCUT2D eigenvalue weighted by Crippen LogP contribution is 2.44. The van der Waals surface area contributed by atoms with E-state index in [4.69, 9.17) is 4.74 Å². The van der Waals surface area contributed by atoms with Crippen molar-refractivity contribution in [3.8, 4) is 11.1 Å². The molecule has 3 N–H and O–H groups in total. The number of carbonyl (C=O) groups is 3. The molecule has 4 rings (SSSR count). The van der Waals surface area contributed by atoms with Crippen LogP contribution >= 0.6 is 0 Å². The molecule has 0 bridgehead atoms. The normalized spacial score (nSPS) is 19.2. The van der Waals surface area contributed by atoms with Crippen molar-refractivity contribution in [2.75, 3.05) is 6.61 Å². The van der Waals surface area contributed by atoms with Crippen LogP contribution < -0.4 is 10.6 Å². The van der Waals surface area contributed by atoms with Crippen LogP contribution in [0.2, 0.25) is 0 Å². The Morgan fingerprint density at radius 2 is 1.68 bits per heavy atom. The maximum Gasteiger partial charge on any atom is 0.407 e. The van der Waals surface area contributed by atoms with Gasteiger partial charge in [0.15, 0.2) is 0 Å². The number of carboxylic acids is 1. The van der Waals surface area contributed by atoms with Crippen LogP contribution in [0.25, 0.3) is 11.1 Å². The van der Waals surface area contributed by atoms with Gasteiger partial charge < -0.3 is 20.5 Å². The molecule has 2 aliphatic rings. The standard InChI is InChI=1S/C27H30N2O5/c1-2-3-12-24(26(31)32)29-25(30)15-17-13-18(14-17)28-27(33)34-16-23-21-10-6-4-8-19(21)20-9-5-7-11-22(20)23/h2,4-11,17-18,23-24H,1,3,12-16H2,(H,28,33)(H,29,30)(H,31,32). The van der Waals surface area contributed by atoms with Crippen LogP contribution in [-0.4, -0.2) is 41.8 Å². The number of carbonyl (C=O) groups excluding carboxylic acids is 2. The van der Waals surface area contributed by atoms with Crippen molar-refractivity contribution in [2.45, 2.75) is 50.1 Å². The average Bonchev–Trinajstić information content (AvgIpc) is 3.12. The molecule has 0 aliphatic heterocycles. The van der Waals surface area contributed by atoms with E-state index < -0.39 is 18.1 Å². The van der Waals surface area contributed by atoms with E-state index in [2.05, 4.69) is 41.5 Å². The predicted octanol–water partition coefficient (Wildman–Crippen LogP) is 4.23. The van der Waals surface area contributed by atoms with Gasteiger partial charge in [0.1, 0.15) is 12.6 Å². The van der Waals surface area contributed by atoms with Gasteiger partial charge in [-0.25, -0.2) is 9.59 Å². The molecule has 0 aromatic heterocycles. The molecular formula is C27H30N2O5. The van der Waals surface area contributed by atoms with Crippen molar-refractivity contribution < 1.29 is 24.2 Å². The Labute approximate surface area is 199 Å². The molecule has 2 amide bonds. The van der Waals surface area contributed by atoms with E-state index in [0.717, 1.165) is 0 Å². The number of allylic oxidation sites excluding steroid dienone is 1. The second-order valence-electron chi connectivity index (χ2n) is 9.03. The van der Waals surface area contributed by atoms with E-state index in [0.29, 0.717) is 25.7 Å². The highest BCUT2D eigenvalue weighted by atomic mass is 16.5. The Morgan fingerprint density at radius 3 is 2.26 bits per heavy atom. The maximum absolute atomic E-state index is 12.4. The Kier molecular flexibility index (Phi) is 7.30. The molecular weight excluding hydrogens is 432 g/mol. The van der Waals surface area contributed by atoms with Crippen LogP contribution in [-0.2, 0) is 14.3 Å². The van der Waals surface area contributed by atoms with Crippen molar-refractivity contribution in [1.29, 1.82) is 0 Å². The molecule has 1 saturated carbocycles. The van der Waals surface area contributed by atoms with Gasteiger partial charge in [-0.3, -0.25) is 4.79 Å². The maximum atomic E-state index is 12.4. The van der Waals surface area contributed by atoms with Gasteiger partial charge in [-0.05, 0) is 53.9 Å². The number of nitrogens with one attached hydrogen (secondary N) is 2. The second-order valence-corrected chi connectivity index (χ2v) is 9.03. The van der Waals surface area contributed by atoms with Crippen molar-refractivity contribution in [3.63, 3.8) is 0 Å². The third-order valence-electron chi connectivity index (χ3n) is 6.67. The first-order chi connectivity index (χ1) is 16.5. The predicted molar refractivity (Wildman–Crippen MR) is 128 cm³/mol. The number of rotatable bonds is 10. The Balaban J connectivity index is 1.21. The molecule has 1 atom stereocenters. The van der Waals surface area contributed by atoms with Crippen LogP contribution in [0, 0.1) is 5.92 Å². The number of fused-ring (bicyclic) bond motifs is 3. The zero-order chi connectivity index (χ0) is 24.1. The summed E-state index contributed by atoms with van der Waals surface area (Å²) in [6, 6.07) is 15.4. The fourth-order valence-electron chi connectivity index (χ4n) is 4.88. The number of amides is 2. The topological polar surface area (TPSA) is 105 Å². The highest BCUT2D eigenvalue weighted by molar-refractivity contribution is 5.83. The monoisotopic (exact) mass is 462 g/mol. The lowest BCUT2D eigenvalue weighted by Gasteiger charge is -2.35. The summed E-state index contributed by atoms with van der Waals surface area (Å²) in [5.41, 5.74) is 4.70. The zero-order valence-electron chi connectivity index (χ0n) is 19.0. The Bertz CT molecular complexity index is 1030. The fraction of sp³-hybridized carbons (Fsp3) is 0.370. The molecule has 2 aromatic carbocycles. The number of hydrogen-bond donors (Lipinski definition) is 3. The summed E-state index contributed by atoms with van der Waals surface area (Å²) in [5, 5.41) is 14.7. The molecule has 0 spiro atoms. The van der Waals surface area contributed by atoms with Crippen molar-refractivity contribution in [3.05, 3.63) is 72.3 Å². The number of benzene rings is 2. The van der Waals surface area contributed by atoms with E-state index in [-0.39, 0.29) is 36.8 Å². The number of alkyl carbamates (subject to hydrolysis) is 1. The lowest BCUT2D eigenvalue weighted by molar-refractivity contribution is -0.142. The SMILES string of the molecule is C=CCCC(NC(=O)CC1CC(NC(=O)OCC2c3ccccc3-c3ccccc32)C1)C(=O)O. The van der Waals surface area contributed by atoms with Gasteiger partial charge >= 0.3 is 12.1 Å². The van der Waals surface area contributed by atoms with Crippen molar-refractivity contribution in [1.82, 2.24) is 10.6 Å². The van der Waals surface area contributed by atoms with Crippen LogP contribution in [0.4, 0.5) is 4.79 Å². The molecule has 2 aromatic rings. The lowest BCUT2D eigenvalue weighted by Crippen LogP contribution is -2.47. The van der Waals surface area contributed by atoms with Gasteiger partial charge in [0.25, 0.3) is 0 Å². The van der Waals surface area contributed by atoms with Gasteiger partial charge in [0.05, 0.1) is 0 Å². The average molecular weight is 463 g/mol. The van der Waals surface area contributed by atoms with Crippen molar-refractivity contribution in [2.24, 2.45) is 5.92 Å². The molecule has 0 heterocycles. The summed E-state index contributed by atoms with van der Waals surface area (Å²) in [6.45, 7) is 3.84. The smallest absolute Gasteiger partial charge is 0.407 e. The summed E-state index contributed by atoms with van der Waals surface area (Å²) in [6.07, 6.45) is 3.61. The summed E-state index contributed by atoms with van der Waals surface area (Å²) in [4.78, 5) is 35.8. The molecule has 1 fully saturated rings. The van der Waals surface area contributed by atoms with Crippen molar-refractivity contribution >= 4 is 18.0 Å². The molecule has 34 heavy (non-hydrogen) atoms. The van der Waals surface area contributed by atoms with Gasteiger partial charge in [0.2, 0.25) is 5.91 Å². The molecule has 178 valence electrons. The molecule has 0 radical (unpaired) electrons. The first kappa shape index (κ1) is 23.5. The molecule has 7 nitrogen and oxygen atoms in total. The quantitative estimate of drug-likeness (QED) is 0.459. The Hall–Kier alpha value is -3.61. The second kappa shape index (κ2) is 10.5. The minimum atomic E-state index is -1.04. The molecule has 0 saturated heterocycles. The minimum absolute atomic E-state index is 0.0132. The molecule has 7 heteroatoms. The molecule has 2 aliphatic carbocycles. The molecule has 1 unspecified atom stereocenters. The minimum Gasteiger partial charge on any atom is -0.480 e. The summed E-state index contributed by atoms with van der Waals surface area (Å²) >= 11 is 0. The van der Waals surface area contributed by atoms with Crippen LogP contribution in [0.15, 0.2) is 61.2 Å². The van der Waals surface area contributed by atoms with E-state index >= 15 is 0 Å². The number of hydrogen-bond acceptors (Lipinski definition) is 4. The lowest BCUT2D eigenvalue weighted by atomic mass is 9.78. The summed E-state index contributed by atoms with van der Waals surface area (Å²) in [7, 11) is 0. The van der Waals surface area contributed by atoms with Gasteiger partial charge in [-0.1, -0.05) is 54.6 Å². The summed E-state index contributed by atoms with van der Waals surface area (Å²) in [5.74, 6) is -1.19. The van der Waals surface area contributed by atoms with Gasteiger partial charge in [-0.15, -0.1) is 6.58 Å². The summed E-state index contributed by atoms with van der Waals surface area (Å²) < 4.78 is 5.58. The van der Waals surface area contributed by atoms with E-state index in [1.165, 1.54) is 22.3 Å². The highest BCUT2D eigenvalue weighted by Gasteiger charge is 2.34. The first-order valence-electron chi connectivity index (χ1n) is 11.7. The fourth-order valence-corrected chi connectivity index (χ4v) is 4.88. The third-order valence-corrected chi connectivity index (χ3v) is 6.67. The first-order valence-corrected chi connectivity index (χ1v) is 11.7. The van der Waals surface area contributed by atoms with E-state index in [9.17, 15) is 19.5 Å². The third kappa shape index (κ3) is 5.30. The van der Waals surface area contributed by atoms with Crippen LogP contribution in [0.5, 0.6) is 0 Å². The van der Waals surface area contributed by atoms with E-state index in [1.54, 1.807) is 6.08 Å². The van der Waals surface area contributed by atoms with Crippen LogP contribution in [0.3, 0.4) is 0 Å². The number of aliphatic carboxylic acids is 1. The van der Waals surface area contributed by atoms with Crippen LogP contribution in [0.1, 0.15) is 49.1 Å². The Morgan fingerprint density at radius 1 is 1.06 bits per heavy atom. The number of ether oxygens (including phenoxy) is 1. The van der Waals surface area contributed by atoms with E-state index in [1.807, 2.05) is 24.3 Å². The van der Waals surface area contributed by atoms with Gasteiger partial charge in [-0.2, -0.15) is 0 Å². The largest absolute Gasteiger partial charge is 0.480 e. The zero-order valence-corrected chi connectivity index (χ0v) is 19.0.